The van der Waals surface area contributed by atoms with Gasteiger partial charge in [-0.15, -0.1) is 0 Å². The van der Waals surface area contributed by atoms with Gasteiger partial charge in [0, 0.05) is 18.2 Å². The molecule has 28 heavy (non-hydrogen) atoms. The Balaban J connectivity index is 2.06. The Morgan fingerprint density at radius 2 is 2.07 bits per heavy atom. The molecule has 0 fully saturated rings. The van der Waals surface area contributed by atoms with Crippen LogP contribution in [0.4, 0.5) is 4.39 Å². The lowest BCUT2D eigenvalue weighted by Crippen LogP contribution is -2.30. The van der Waals surface area contributed by atoms with Crippen LogP contribution in [0.5, 0.6) is 0 Å². The van der Waals surface area contributed by atoms with Crippen LogP contribution in [0.2, 0.25) is 0 Å². The standard InChI is InChI=1S/C19H26FN5O2S/c1-5-28(17-8-6-14(2)7-9-17)27-13-16(20)12-24-19(26)25(15(3)23-24)18(21)10-11-22-4/h5-11,16H,12-13,21H2,1-4H3. The van der Waals surface area contributed by atoms with E-state index >= 15 is 0 Å². The summed E-state index contributed by atoms with van der Waals surface area (Å²) in [6, 6.07) is 7.92. The summed E-state index contributed by atoms with van der Waals surface area (Å²) in [6.45, 7) is 5.16. The molecule has 2 atom stereocenters. The van der Waals surface area contributed by atoms with Crippen LogP contribution in [-0.2, 0) is 10.7 Å². The molecule has 0 aliphatic carbocycles. The van der Waals surface area contributed by atoms with Gasteiger partial charge in [0.05, 0.1) is 13.2 Å². The quantitative estimate of drug-likeness (QED) is 0.538. The first-order valence-electron chi connectivity index (χ1n) is 8.78. The van der Waals surface area contributed by atoms with Crippen LogP contribution in [0.15, 0.2) is 45.0 Å². The topological polar surface area (TPSA) is 87.4 Å². The lowest BCUT2D eigenvalue weighted by atomic mass is 10.2. The van der Waals surface area contributed by atoms with Gasteiger partial charge >= 0.3 is 5.69 Å². The van der Waals surface area contributed by atoms with Crippen LogP contribution in [0.1, 0.15) is 18.3 Å². The fraction of sp³-hybridized carbons (Fsp3) is 0.368. The number of aryl methyl sites for hydroxylation is 2. The molecule has 0 spiro atoms. The highest BCUT2D eigenvalue weighted by atomic mass is 32.2. The largest absolute Gasteiger partial charge is 0.385 e. The van der Waals surface area contributed by atoms with Gasteiger partial charge in [-0.25, -0.2) is 18.4 Å². The Labute approximate surface area is 166 Å². The molecule has 152 valence electrons. The molecule has 1 aromatic heterocycles. The number of halogens is 1. The third-order valence-electron chi connectivity index (χ3n) is 3.87. The molecule has 0 radical (unpaired) electrons. The normalized spacial score (nSPS) is 14.7. The molecule has 0 saturated carbocycles. The smallest absolute Gasteiger partial charge is 0.351 e. The van der Waals surface area contributed by atoms with Crippen LogP contribution in [0, 0.1) is 13.8 Å². The zero-order valence-electron chi connectivity index (χ0n) is 16.5. The summed E-state index contributed by atoms with van der Waals surface area (Å²) in [7, 11) is 0.973. The number of alkyl halides is 1. The molecule has 7 nitrogen and oxygen atoms in total. The molecule has 0 saturated heterocycles. The molecule has 9 heteroatoms. The monoisotopic (exact) mass is 407 g/mol. The first-order chi connectivity index (χ1) is 13.4. The molecular weight excluding hydrogens is 381 g/mol. The highest BCUT2D eigenvalue weighted by Crippen LogP contribution is 2.27. The van der Waals surface area contributed by atoms with Gasteiger partial charge in [-0.05, 0) is 55.1 Å². The van der Waals surface area contributed by atoms with Crippen LogP contribution in [0.25, 0.3) is 5.82 Å². The van der Waals surface area contributed by atoms with Gasteiger partial charge in [-0.2, -0.15) is 5.10 Å². The van der Waals surface area contributed by atoms with Crippen molar-refractivity contribution in [3.8, 4) is 0 Å². The van der Waals surface area contributed by atoms with Crippen molar-refractivity contribution < 1.29 is 8.57 Å². The average Bonchev–Trinajstić information content (AvgIpc) is 2.94. The maximum absolute atomic E-state index is 14.5. The summed E-state index contributed by atoms with van der Waals surface area (Å²) in [6.07, 6.45) is 1.57. The second-order valence-corrected chi connectivity index (χ2v) is 7.85. The Morgan fingerprint density at radius 3 is 2.68 bits per heavy atom. The first kappa shape index (κ1) is 21.8. The van der Waals surface area contributed by atoms with Gasteiger partial charge in [-0.1, -0.05) is 17.7 Å². The highest BCUT2D eigenvalue weighted by molar-refractivity contribution is 8.10. The Bertz CT molecular complexity index is 944. The van der Waals surface area contributed by atoms with Gasteiger partial charge < -0.3 is 9.92 Å². The molecule has 2 aromatic rings. The van der Waals surface area contributed by atoms with E-state index in [2.05, 4.69) is 10.1 Å². The fourth-order valence-corrected chi connectivity index (χ4v) is 3.73. The second-order valence-electron chi connectivity index (χ2n) is 6.07. The van der Waals surface area contributed by atoms with Gasteiger partial charge in [0.2, 0.25) is 0 Å². The molecule has 0 amide bonds. The zero-order valence-corrected chi connectivity index (χ0v) is 17.3. The van der Waals surface area contributed by atoms with E-state index in [1.165, 1.54) is 16.9 Å². The molecule has 0 aliphatic heterocycles. The van der Waals surface area contributed by atoms with Crippen molar-refractivity contribution in [1.82, 2.24) is 14.3 Å². The molecule has 1 aromatic carbocycles. The van der Waals surface area contributed by atoms with E-state index in [1.54, 1.807) is 14.0 Å². The first-order valence-corrected chi connectivity index (χ1v) is 10.00. The fourth-order valence-electron chi connectivity index (χ4n) is 2.49. The molecular formula is C19H26FN5O2S. The number of benzene rings is 1. The van der Waals surface area contributed by atoms with E-state index in [-0.39, 0.29) is 19.0 Å². The Hall–Kier alpha value is -2.52. The molecule has 2 unspecified atom stereocenters. The number of hydrogen-bond donors (Lipinski definition) is 1. The second kappa shape index (κ2) is 10.1. The minimum Gasteiger partial charge on any atom is -0.385 e. The average molecular weight is 408 g/mol. The third-order valence-corrected chi connectivity index (χ3v) is 5.42. The van der Waals surface area contributed by atoms with Crippen LogP contribution < -0.4 is 11.4 Å². The van der Waals surface area contributed by atoms with Crippen molar-refractivity contribution in [2.24, 2.45) is 10.7 Å². The predicted molar refractivity (Wildman–Crippen MR) is 114 cm³/mol. The van der Waals surface area contributed by atoms with E-state index in [1.807, 2.05) is 43.5 Å². The van der Waals surface area contributed by atoms with E-state index in [0.29, 0.717) is 5.82 Å². The summed E-state index contributed by atoms with van der Waals surface area (Å²) < 4.78 is 22.5. The summed E-state index contributed by atoms with van der Waals surface area (Å²) in [4.78, 5) is 17.2. The van der Waals surface area contributed by atoms with E-state index in [0.717, 1.165) is 15.1 Å². The molecule has 2 rings (SSSR count). The van der Waals surface area contributed by atoms with E-state index in [4.69, 9.17) is 9.92 Å². The van der Waals surface area contributed by atoms with Gasteiger partial charge in [0.25, 0.3) is 0 Å². The van der Waals surface area contributed by atoms with E-state index in [9.17, 15) is 9.18 Å². The zero-order chi connectivity index (χ0) is 20.7. The number of nitrogens with zero attached hydrogens (tertiary/aromatic N) is 4. The van der Waals surface area contributed by atoms with E-state index < -0.39 is 22.6 Å². The molecule has 1 heterocycles. The van der Waals surface area contributed by atoms with Gasteiger partial charge in [0.1, 0.15) is 17.8 Å². The minimum absolute atomic E-state index is 0.145. The number of aliphatic imine (C=N–C) groups is 1. The van der Waals surface area contributed by atoms with Crippen LogP contribution in [-0.4, -0.2) is 45.8 Å². The SMILES string of the molecule is C/C=S(\OCC(F)Cn1nc(C)n(C(N)=CC=NC)c1=O)c1ccc(C)cc1. The van der Waals surface area contributed by atoms with Crippen molar-refractivity contribution >= 4 is 28.2 Å². The van der Waals surface area contributed by atoms with Gasteiger partial charge in [-0.3, -0.25) is 4.99 Å². The Morgan fingerprint density at radius 1 is 1.39 bits per heavy atom. The number of allylic oxidation sites excluding steroid dienone is 1. The van der Waals surface area contributed by atoms with Crippen molar-refractivity contribution in [3.63, 3.8) is 0 Å². The van der Waals surface area contributed by atoms with Crippen LogP contribution >= 0.6 is 10.8 Å². The van der Waals surface area contributed by atoms with Crippen molar-refractivity contribution in [2.45, 2.75) is 38.4 Å². The molecule has 0 aliphatic rings. The molecule has 2 N–H and O–H groups in total. The summed E-state index contributed by atoms with van der Waals surface area (Å²) in [5, 5.41) is 5.99. The summed E-state index contributed by atoms with van der Waals surface area (Å²) in [5.74, 6) is 0.546. The summed E-state index contributed by atoms with van der Waals surface area (Å²) in [5.41, 5.74) is 6.52. The highest BCUT2D eigenvalue weighted by Gasteiger charge is 2.17. The third kappa shape index (κ3) is 5.49. The minimum atomic E-state index is -1.39. The maximum atomic E-state index is 14.5. The molecule has 0 bridgehead atoms. The lowest BCUT2D eigenvalue weighted by molar-refractivity contribution is 0.191. The number of aromatic nitrogens is 3. The van der Waals surface area contributed by atoms with Crippen molar-refractivity contribution in [2.75, 3.05) is 13.7 Å². The number of hydrogen-bond acceptors (Lipinski definition) is 5. The number of nitrogens with two attached hydrogens (primary N) is 1. The van der Waals surface area contributed by atoms with Crippen molar-refractivity contribution in [3.05, 3.63) is 52.2 Å². The maximum Gasteiger partial charge on any atom is 0.351 e. The van der Waals surface area contributed by atoms with Crippen molar-refractivity contribution in [1.29, 1.82) is 0 Å². The van der Waals surface area contributed by atoms with Gasteiger partial charge in [0.15, 0.2) is 0 Å². The lowest BCUT2D eigenvalue weighted by Gasteiger charge is -2.13. The predicted octanol–water partition coefficient (Wildman–Crippen LogP) is 2.54. The van der Waals surface area contributed by atoms with Crippen LogP contribution in [0.3, 0.4) is 0 Å². The number of rotatable bonds is 8. The Kier molecular flexibility index (Phi) is 7.89. The summed E-state index contributed by atoms with van der Waals surface area (Å²) >= 11 is 0.